The van der Waals surface area contributed by atoms with Crippen molar-refractivity contribution in [3.05, 3.63) is 35.5 Å². The minimum atomic E-state index is -3.67. The maximum Gasteiger partial charge on any atom is 0.261 e. The summed E-state index contributed by atoms with van der Waals surface area (Å²) in [4.78, 5) is 15.9. The molecule has 7 nitrogen and oxygen atoms in total. The molecular weight excluding hydrogens is 426 g/mol. The molecule has 2 bridgehead atoms. The summed E-state index contributed by atoms with van der Waals surface area (Å²) >= 11 is 0. The first kappa shape index (κ1) is 23.4. The topological polar surface area (TPSA) is 91.6 Å². The Kier molecular flexibility index (Phi) is 6.77. The number of nitrogens with one attached hydrogen (secondary N) is 1. The number of aryl methyl sites for hydroxylation is 1. The van der Waals surface area contributed by atoms with E-state index in [1.165, 1.54) is 43.3 Å². The first-order chi connectivity index (χ1) is 15.1. The third kappa shape index (κ3) is 4.93. The van der Waals surface area contributed by atoms with E-state index in [1.807, 2.05) is 0 Å². The minimum Gasteiger partial charge on any atom is -0.347 e. The molecule has 0 amide bonds. The van der Waals surface area contributed by atoms with E-state index in [-0.39, 0.29) is 5.92 Å². The molecule has 3 aliphatic rings. The lowest BCUT2D eigenvalue weighted by Crippen LogP contribution is -2.55. The Bertz CT molecular complexity index is 1070. The van der Waals surface area contributed by atoms with Gasteiger partial charge in [0.25, 0.3) is 10.1 Å². The highest BCUT2D eigenvalue weighted by atomic mass is 32.2. The number of hydrogen-bond donors (Lipinski definition) is 2. The van der Waals surface area contributed by atoms with Gasteiger partial charge in [0.05, 0.1) is 6.26 Å². The number of Topliss-reactive ketones (excluding diaryl/α,β-unsaturated/α-hetero) is 1. The van der Waals surface area contributed by atoms with Gasteiger partial charge in [-0.25, -0.2) is 0 Å². The number of carbonyl (C=O) groups excluding carboxylic acids is 1. The maximum atomic E-state index is 13.3. The summed E-state index contributed by atoms with van der Waals surface area (Å²) in [5, 5.41) is 4.94. The number of benzene rings is 1. The van der Waals surface area contributed by atoms with Gasteiger partial charge in [-0.3, -0.25) is 9.35 Å². The molecule has 32 heavy (non-hydrogen) atoms. The Hall–Kier alpha value is -1.74. The number of ketones is 1. The van der Waals surface area contributed by atoms with Crippen LogP contribution >= 0.6 is 0 Å². The van der Waals surface area contributed by atoms with Gasteiger partial charge >= 0.3 is 0 Å². The Labute approximate surface area is 190 Å². The van der Waals surface area contributed by atoms with Crippen LogP contribution in [0.5, 0.6) is 0 Å². The van der Waals surface area contributed by atoms with Crippen molar-refractivity contribution in [3.8, 4) is 0 Å². The fourth-order valence-corrected chi connectivity index (χ4v) is 5.95. The van der Waals surface area contributed by atoms with Crippen LogP contribution in [0.25, 0.3) is 10.9 Å². The van der Waals surface area contributed by atoms with E-state index in [4.69, 9.17) is 4.55 Å². The van der Waals surface area contributed by atoms with Gasteiger partial charge < -0.3 is 14.8 Å². The number of aromatic nitrogens is 1. The normalized spacial score (nSPS) is 28.2. The predicted molar refractivity (Wildman–Crippen MR) is 127 cm³/mol. The van der Waals surface area contributed by atoms with Crippen LogP contribution in [-0.4, -0.2) is 66.2 Å². The summed E-state index contributed by atoms with van der Waals surface area (Å²) in [6.45, 7) is 0.843. The second-order valence-electron chi connectivity index (χ2n) is 9.71. The third-order valence-electron chi connectivity index (χ3n) is 7.57. The number of nitrogens with zero attached hydrogens (tertiary/aromatic N) is 2. The van der Waals surface area contributed by atoms with E-state index in [9.17, 15) is 13.2 Å². The lowest BCUT2D eigenvalue weighted by molar-refractivity contribution is 0.0473. The largest absolute Gasteiger partial charge is 0.347 e. The van der Waals surface area contributed by atoms with Crippen LogP contribution in [0.2, 0.25) is 0 Å². The zero-order valence-electron chi connectivity index (χ0n) is 19.3. The minimum absolute atomic E-state index is 0.128. The molecular formula is C24H35N3O4S. The number of rotatable bonds is 3. The zero-order valence-corrected chi connectivity index (χ0v) is 20.1. The maximum absolute atomic E-state index is 13.3. The smallest absolute Gasteiger partial charge is 0.261 e. The highest BCUT2D eigenvalue weighted by Gasteiger charge is 2.37. The fraction of sp³-hybridized carbons (Fsp3) is 0.625. The van der Waals surface area contributed by atoms with Crippen LogP contribution in [-0.2, 0) is 23.6 Å². The average Bonchev–Trinajstić information content (AvgIpc) is 3.00. The number of carbonyl (C=O) groups is 1. The molecule has 3 atom stereocenters. The van der Waals surface area contributed by atoms with Crippen LogP contribution in [0, 0.1) is 5.92 Å². The lowest BCUT2D eigenvalue weighted by Gasteiger charge is -2.47. The highest BCUT2D eigenvalue weighted by Crippen LogP contribution is 2.35. The van der Waals surface area contributed by atoms with Gasteiger partial charge in [-0.1, -0.05) is 24.6 Å². The second-order valence-corrected chi connectivity index (χ2v) is 11.2. The van der Waals surface area contributed by atoms with Crippen molar-refractivity contribution in [2.75, 3.05) is 19.8 Å². The molecule has 3 heterocycles. The molecule has 1 aromatic heterocycles. The van der Waals surface area contributed by atoms with E-state index >= 15 is 0 Å². The van der Waals surface area contributed by atoms with Crippen molar-refractivity contribution in [2.24, 2.45) is 13.0 Å². The number of hydrogen-bond acceptors (Lipinski definition) is 5. The van der Waals surface area contributed by atoms with Crippen LogP contribution in [0.1, 0.15) is 54.6 Å². The average molecular weight is 462 g/mol. The Morgan fingerprint density at radius 2 is 1.72 bits per heavy atom. The van der Waals surface area contributed by atoms with Crippen molar-refractivity contribution in [2.45, 2.75) is 63.1 Å². The van der Waals surface area contributed by atoms with Crippen LogP contribution in [0.4, 0.5) is 0 Å². The third-order valence-corrected chi connectivity index (χ3v) is 7.57. The first-order valence-electron chi connectivity index (χ1n) is 11.6. The van der Waals surface area contributed by atoms with Crippen molar-refractivity contribution >= 4 is 26.8 Å². The van der Waals surface area contributed by atoms with E-state index < -0.39 is 10.1 Å². The molecule has 0 spiro atoms. The summed E-state index contributed by atoms with van der Waals surface area (Å²) in [6, 6.07) is 10.4. The molecule has 2 saturated heterocycles. The Balaban J connectivity index is 0.000000444. The highest BCUT2D eigenvalue weighted by molar-refractivity contribution is 7.85. The quantitative estimate of drug-likeness (QED) is 0.683. The Morgan fingerprint density at radius 1 is 1.09 bits per heavy atom. The van der Waals surface area contributed by atoms with E-state index in [0.717, 1.165) is 42.4 Å². The summed E-state index contributed by atoms with van der Waals surface area (Å²) in [6.07, 6.45) is 9.25. The molecule has 8 heteroatoms. The Morgan fingerprint density at radius 3 is 2.38 bits per heavy atom. The molecule has 1 aliphatic carbocycles. The molecule has 0 radical (unpaired) electrons. The van der Waals surface area contributed by atoms with Crippen LogP contribution < -0.4 is 5.32 Å². The summed E-state index contributed by atoms with van der Waals surface area (Å²) in [7, 11) is 0.738. The summed E-state index contributed by atoms with van der Waals surface area (Å²) in [5.74, 6) is 0.483. The zero-order chi connectivity index (χ0) is 23.0. The molecule has 2 aliphatic heterocycles. The van der Waals surface area contributed by atoms with Gasteiger partial charge in [0, 0.05) is 59.8 Å². The molecule has 2 aromatic rings. The van der Waals surface area contributed by atoms with Gasteiger partial charge in [-0.2, -0.15) is 8.42 Å². The molecule has 2 fully saturated rings. The van der Waals surface area contributed by atoms with Crippen molar-refractivity contribution < 1.29 is 17.8 Å². The second kappa shape index (κ2) is 9.25. The predicted octanol–water partition coefficient (Wildman–Crippen LogP) is 3.03. The number of piperidine rings is 2. The summed E-state index contributed by atoms with van der Waals surface area (Å²) < 4.78 is 28.1. The monoisotopic (exact) mass is 461 g/mol. The number of fused-ring (bicyclic) bond motifs is 5. The molecule has 176 valence electrons. The first-order valence-corrected chi connectivity index (χ1v) is 13.5. The van der Waals surface area contributed by atoms with Gasteiger partial charge in [-0.15, -0.1) is 0 Å². The van der Waals surface area contributed by atoms with E-state index in [1.54, 1.807) is 0 Å². The van der Waals surface area contributed by atoms with Gasteiger partial charge in [0.1, 0.15) is 0 Å². The summed E-state index contributed by atoms with van der Waals surface area (Å²) in [5.41, 5.74) is 3.41. The number of para-hydroxylation sites is 1. The standard InChI is InChI=1S/C23H31N3O.CH4O3S/c1-25-17-6-5-7-18(25)13-16(12-17)24-14-15-10-11-21-22(23(15)27)19-8-3-4-9-20(19)26(21)2;1-5(2,3)4/h3-4,8-9,15-18,24H,5-7,10-14H2,1-2H3;1H3,(H,2,3,4). The van der Waals surface area contributed by atoms with Gasteiger partial charge in [-0.05, 0) is 51.6 Å². The van der Waals surface area contributed by atoms with Crippen LogP contribution in [0.15, 0.2) is 24.3 Å². The van der Waals surface area contributed by atoms with E-state index in [0.29, 0.717) is 18.1 Å². The molecule has 5 rings (SSSR count). The lowest BCUT2D eigenvalue weighted by atomic mass is 9.81. The van der Waals surface area contributed by atoms with Gasteiger partial charge in [0.15, 0.2) is 5.78 Å². The molecule has 1 aromatic carbocycles. The van der Waals surface area contributed by atoms with Crippen LogP contribution in [0.3, 0.4) is 0 Å². The molecule has 0 saturated carbocycles. The van der Waals surface area contributed by atoms with Crippen molar-refractivity contribution in [1.82, 2.24) is 14.8 Å². The fourth-order valence-electron chi connectivity index (χ4n) is 5.95. The van der Waals surface area contributed by atoms with E-state index in [2.05, 4.69) is 53.1 Å². The van der Waals surface area contributed by atoms with Crippen molar-refractivity contribution in [3.63, 3.8) is 0 Å². The van der Waals surface area contributed by atoms with Gasteiger partial charge in [0.2, 0.25) is 0 Å². The SMILES string of the molecule is CN1C2CCCC1CC(NCC1CCc3c(c4ccccc4n3C)C1=O)C2.CS(=O)(=O)O. The molecule has 2 N–H and O–H groups in total. The van der Waals surface area contributed by atoms with Crippen molar-refractivity contribution in [1.29, 1.82) is 0 Å². The molecule has 3 unspecified atom stereocenters.